The van der Waals surface area contributed by atoms with Gasteiger partial charge >= 0.3 is 0 Å². The summed E-state index contributed by atoms with van der Waals surface area (Å²) in [6, 6.07) is 22.8. The molecule has 1 unspecified atom stereocenters. The molecule has 5 aromatic rings. The van der Waals surface area contributed by atoms with Gasteiger partial charge in [-0.1, -0.05) is 60.7 Å². The Hall–Kier alpha value is -4.65. The van der Waals surface area contributed by atoms with Crippen LogP contribution in [0.2, 0.25) is 18.6 Å². The number of halogens is 1. The van der Waals surface area contributed by atoms with Gasteiger partial charge in [0.05, 0.1) is 30.7 Å². The zero-order chi connectivity index (χ0) is 33.6. The number of ether oxygens (including phenoxy) is 1. The molecule has 1 spiro atoms. The van der Waals surface area contributed by atoms with Crippen LogP contribution in [-0.4, -0.2) is 58.0 Å². The van der Waals surface area contributed by atoms with Gasteiger partial charge in [-0.15, -0.1) is 5.10 Å². The van der Waals surface area contributed by atoms with Crippen LogP contribution in [-0.2, 0) is 32.9 Å². The molecule has 1 fully saturated rings. The van der Waals surface area contributed by atoms with Crippen LogP contribution in [0.25, 0.3) is 10.9 Å². The molecule has 48 heavy (non-hydrogen) atoms. The fraction of sp³-hybridized carbons (Fsp3) is 0.333. The lowest BCUT2D eigenvalue weighted by Crippen LogP contribution is -2.42. The third kappa shape index (κ3) is 5.63. The number of aliphatic hydroxyl groups is 1. The lowest BCUT2D eigenvalue weighted by molar-refractivity contribution is -0.143. The van der Waals surface area contributed by atoms with Gasteiger partial charge in [0.15, 0.2) is 5.60 Å². The van der Waals surface area contributed by atoms with Gasteiger partial charge in [0.1, 0.15) is 0 Å². The number of aryl methyl sites for hydroxylation is 1. The number of para-hydroxylation sites is 1. The second kappa shape index (κ2) is 12.4. The molecule has 1 saturated heterocycles. The van der Waals surface area contributed by atoms with Crippen molar-refractivity contribution in [3.8, 4) is 0 Å². The molecule has 7 rings (SSSR count). The summed E-state index contributed by atoms with van der Waals surface area (Å²) in [5.74, 6) is -1.29. The van der Waals surface area contributed by atoms with E-state index >= 15 is 4.11 Å². The van der Waals surface area contributed by atoms with E-state index in [9.17, 15) is 14.7 Å². The highest BCUT2D eigenvalue weighted by atomic mass is 28.4. The van der Waals surface area contributed by atoms with Gasteiger partial charge < -0.3 is 29.6 Å². The number of benzene rings is 3. The molecule has 2 amide bonds. The number of H-pyrrole nitrogens is 1. The molecule has 2 aliphatic rings. The molecule has 0 saturated carbocycles. The van der Waals surface area contributed by atoms with E-state index in [-0.39, 0.29) is 30.8 Å². The summed E-state index contributed by atoms with van der Waals surface area (Å²) < 4.78 is 24.6. The number of aliphatic hydroxyl groups excluding tert-OH is 1. The highest BCUT2D eigenvalue weighted by molar-refractivity contribution is 6.72. The number of hydrogen-bond donors (Lipinski definition) is 4. The number of fused-ring (bicyclic) bond motifs is 3. The van der Waals surface area contributed by atoms with Gasteiger partial charge in [0.25, 0.3) is 5.91 Å². The smallest absolute Gasteiger partial charge is 0.261 e. The largest absolute Gasteiger partial charge is 0.395 e. The van der Waals surface area contributed by atoms with E-state index < -0.39 is 31.6 Å². The van der Waals surface area contributed by atoms with Crippen molar-refractivity contribution in [2.75, 3.05) is 17.2 Å². The van der Waals surface area contributed by atoms with Crippen molar-refractivity contribution in [2.45, 2.75) is 62.6 Å². The van der Waals surface area contributed by atoms with Gasteiger partial charge in [-0.3, -0.25) is 14.3 Å². The monoisotopic (exact) mass is 666 g/mol. The van der Waals surface area contributed by atoms with E-state index in [0.29, 0.717) is 35.6 Å². The first-order valence-corrected chi connectivity index (χ1v) is 19.3. The minimum atomic E-state index is -3.35. The Kier molecular flexibility index (Phi) is 8.26. The number of aromatic nitrogens is 4. The second-order valence-corrected chi connectivity index (χ2v) is 17.2. The number of hydrogen-bond acceptors (Lipinski definition) is 6. The first kappa shape index (κ1) is 31.9. The number of nitrogens with one attached hydrogen (secondary N) is 3. The molecule has 3 aromatic carbocycles. The SMILES string of the molecule is C[C@H]1[C@H]([Si](C)(C)F)[C@@H](CCn2cc(C(CO)c3ccccc3)nn2)O[C@]12C(=O)Nc1ccc(NC(=O)Cc3c[nH]c4ccccc34)cc12. The molecule has 2 aromatic heterocycles. The minimum Gasteiger partial charge on any atom is -0.395 e. The summed E-state index contributed by atoms with van der Waals surface area (Å²) in [5, 5.41) is 25.6. The Morgan fingerprint density at radius 1 is 1.15 bits per heavy atom. The quantitative estimate of drug-likeness (QED) is 0.109. The summed E-state index contributed by atoms with van der Waals surface area (Å²) in [5.41, 5.74) is 3.28. The minimum absolute atomic E-state index is 0.113. The molecule has 2 aliphatic heterocycles. The number of carbonyl (C=O) groups excluding carboxylic acids is 2. The summed E-state index contributed by atoms with van der Waals surface area (Å²) in [6.45, 7) is 5.51. The number of aromatic amines is 1. The van der Waals surface area contributed by atoms with Crippen LogP contribution in [0.3, 0.4) is 0 Å². The van der Waals surface area contributed by atoms with Crippen molar-refractivity contribution < 1.29 is 23.5 Å². The molecule has 0 radical (unpaired) electrons. The molecular formula is C36H39FN6O4Si. The molecule has 248 valence electrons. The van der Waals surface area contributed by atoms with Crippen molar-refractivity contribution in [2.24, 2.45) is 5.92 Å². The highest BCUT2D eigenvalue weighted by Gasteiger charge is 2.65. The number of amides is 2. The van der Waals surface area contributed by atoms with Crippen LogP contribution in [0.15, 0.2) is 85.2 Å². The summed E-state index contributed by atoms with van der Waals surface area (Å²) in [6.07, 6.45) is 3.68. The first-order valence-electron chi connectivity index (χ1n) is 16.3. The second-order valence-electron chi connectivity index (χ2n) is 13.4. The van der Waals surface area contributed by atoms with Gasteiger partial charge in [-0.05, 0) is 54.9 Å². The topological polar surface area (TPSA) is 134 Å². The van der Waals surface area contributed by atoms with Gasteiger partial charge in [-0.2, -0.15) is 0 Å². The van der Waals surface area contributed by atoms with Gasteiger partial charge in [0, 0.05) is 58.2 Å². The van der Waals surface area contributed by atoms with Gasteiger partial charge in [-0.25, -0.2) is 0 Å². The van der Waals surface area contributed by atoms with E-state index in [2.05, 4.69) is 25.9 Å². The maximum absolute atomic E-state index is 16.2. The summed E-state index contributed by atoms with van der Waals surface area (Å²) >= 11 is 0. The lowest BCUT2D eigenvalue weighted by atomic mass is 9.82. The maximum atomic E-state index is 16.2. The Morgan fingerprint density at radius 3 is 2.69 bits per heavy atom. The van der Waals surface area contributed by atoms with Crippen molar-refractivity contribution in [1.82, 2.24) is 20.0 Å². The van der Waals surface area contributed by atoms with Crippen LogP contribution in [0, 0.1) is 5.92 Å². The predicted octanol–water partition coefficient (Wildman–Crippen LogP) is 5.88. The lowest BCUT2D eigenvalue weighted by Gasteiger charge is -2.30. The predicted molar refractivity (Wildman–Crippen MR) is 184 cm³/mol. The zero-order valence-corrected chi connectivity index (χ0v) is 28.1. The fourth-order valence-corrected chi connectivity index (χ4v) is 10.3. The Bertz CT molecular complexity index is 1970. The molecule has 12 heteroatoms. The van der Waals surface area contributed by atoms with E-state index in [1.54, 1.807) is 42.2 Å². The van der Waals surface area contributed by atoms with Gasteiger partial charge in [0.2, 0.25) is 14.3 Å². The summed E-state index contributed by atoms with van der Waals surface area (Å²) in [7, 11) is -3.35. The van der Waals surface area contributed by atoms with Crippen LogP contribution >= 0.6 is 0 Å². The van der Waals surface area contributed by atoms with Crippen LogP contribution < -0.4 is 10.6 Å². The average Bonchev–Trinajstić information content (AvgIpc) is 3.83. The summed E-state index contributed by atoms with van der Waals surface area (Å²) in [4.78, 5) is 30.1. The third-order valence-corrected chi connectivity index (χ3v) is 12.4. The van der Waals surface area contributed by atoms with Crippen molar-refractivity contribution in [3.05, 3.63) is 108 Å². The number of nitrogens with zero attached hydrogens (tertiary/aromatic N) is 3. The molecule has 0 aliphatic carbocycles. The fourth-order valence-electron chi connectivity index (χ4n) is 7.77. The average molecular weight is 667 g/mol. The Labute approximate surface area is 278 Å². The van der Waals surface area contributed by atoms with Crippen molar-refractivity contribution in [3.63, 3.8) is 0 Å². The molecule has 0 bridgehead atoms. The van der Waals surface area contributed by atoms with Crippen LogP contribution in [0.4, 0.5) is 15.5 Å². The third-order valence-electron chi connectivity index (χ3n) is 9.97. The molecule has 4 heterocycles. The van der Waals surface area contributed by atoms with Crippen molar-refractivity contribution in [1.29, 1.82) is 0 Å². The first-order chi connectivity index (χ1) is 23.1. The molecular weight excluding hydrogens is 628 g/mol. The standard InChI is InChI=1S/C36H39FN6O4Si/c1-22-34(48(2,3)37)32(15-16-43-20-31(41-42-43)27(21-44)23-9-5-4-6-10-23)47-36(22)28-18-25(13-14-30(28)40-35(36)46)39-33(45)17-24-19-38-29-12-8-7-11-26(24)29/h4-14,18-20,22,27,32,34,38,44H,15-17,21H2,1-3H3,(H,39,45)(H,40,46)/t22-,27?,32+,34-,36+/m0/s1. The molecule has 10 nitrogen and oxygen atoms in total. The Morgan fingerprint density at radius 2 is 1.92 bits per heavy atom. The highest BCUT2D eigenvalue weighted by Crippen LogP contribution is 2.59. The van der Waals surface area contributed by atoms with E-state index in [0.717, 1.165) is 22.0 Å². The number of carbonyl (C=O) groups is 2. The van der Waals surface area contributed by atoms with E-state index in [1.165, 1.54) is 0 Å². The van der Waals surface area contributed by atoms with Crippen molar-refractivity contribution >= 4 is 42.5 Å². The molecule has 5 atom stereocenters. The van der Waals surface area contributed by atoms with E-state index in [4.69, 9.17) is 4.74 Å². The number of rotatable bonds is 10. The zero-order valence-electron chi connectivity index (χ0n) is 27.1. The Balaban J connectivity index is 1.11. The number of anilines is 2. The van der Waals surface area contributed by atoms with Crippen LogP contribution in [0.5, 0.6) is 0 Å². The molecule has 4 N–H and O–H groups in total. The van der Waals surface area contributed by atoms with E-state index in [1.807, 2.05) is 67.7 Å². The van der Waals surface area contributed by atoms with Crippen LogP contribution in [0.1, 0.15) is 41.6 Å². The maximum Gasteiger partial charge on any atom is 0.261 e. The normalized spacial score (nSPS) is 22.6.